The quantitative estimate of drug-likeness (QED) is 0.174. The van der Waals surface area contributed by atoms with Crippen LogP contribution in [0.15, 0.2) is 310 Å². The lowest BCUT2D eigenvalue weighted by atomic mass is 10.0. The zero-order valence-corrected chi connectivity index (χ0v) is 44.3. The van der Waals surface area contributed by atoms with Crippen molar-refractivity contribution in [3.63, 3.8) is 0 Å². The zero-order valence-electron chi connectivity index (χ0n) is 43.5. The maximum Gasteiger partial charge on any atom is 0.137 e. The third-order valence-corrected chi connectivity index (χ3v) is 14.5. The molecular weight excluding hydrogens is 997 g/mol. The van der Waals surface area contributed by atoms with Crippen LogP contribution in [0.2, 0.25) is 0 Å². The van der Waals surface area contributed by atoms with E-state index in [9.17, 15) is 0 Å². The van der Waals surface area contributed by atoms with Gasteiger partial charge in [-0.1, -0.05) is 164 Å². The summed E-state index contributed by atoms with van der Waals surface area (Å²) in [5.74, 6) is 0. The highest BCUT2D eigenvalue weighted by atomic mass is 32.1. The lowest BCUT2D eigenvalue weighted by molar-refractivity contribution is 1.13. The topological polar surface area (TPSA) is 90.1 Å². The highest BCUT2D eigenvalue weighted by Crippen LogP contribution is 2.32. The van der Waals surface area contributed by atoms with Gasteiger partial charge in [0.25, 0.3) is 0 Å². The fourth-order valence-electron chi connectivity index (χ4n) is 9.87. The Labute approximate surface area is 466 Å². The molecule has 8 aromatic heterocycles. The van der Waals surface area contributed by atoms with E-state index in [0.29, 0.717) is 0 Å². The Morgan fingerprint density at radius 1 is 0.300 bits per heavy atom. The molecule has 17 aromatic rings. The second kappa shape index (κ2) is 24.2. The van der Waals surface area contributed by atoms with E-state index in [1.165, 1.54) is 75.6 Å². The average molecular weight is 1050 g/mol. The molecule has 0 aliphatic carbocycles. The number of hydrogen-bond donors (Lipinski definition) is 1. The van der Waals surface area contributed by atoms with Crippen molar-refractivity contribution in [1.29, 1.82) is 0 Å². The van der Waals surface area contributed by atoms with E-state index in [1.807, 2.05) is 97.0 Å². The van der Waals surface area contributed by atoms with Crippen molar-refractivity contribution in [3.8, 4) is 11.4 Å². The van der Waals surface area contributed by atoms with Gasteiger partial charge >= 0.3 is 0 Å². The fourth-order valence-corrected chi connectivity index (χ4v) is 10.5. The third kappa shape index (κ3) is 11.1. The number of nitrogens with one attached hydrogen (secondary N) is 1. The smallest absolute Gasteiger partial charge is 0.137 e. The molecule has 0 unspecified atom stereocenters. The van der Waals surface area contributed by atoms with E-state index in [2.05, 4.69) is 246 Å². The van der Waals surface area contributed by atoms with Crippen molar-refractivity contribution < 1.29 is 0 Å². The standard InChI is InChI=1S/C16H10N2.2C14H11N.C13H9N.C7H6N2.C7H5NS/c1-2-6-12-11(5-1)13-7-3-9-17-15(13)16-14(12)8-4-10-18-16;2*1-2-7-13(8-3-1)15-11-10-12-6-4-5-9-14(12)15;1-2-6-12-10(4-1)7-8-11-5-3-9-14-13(11)12;1-2-6-3-5-9-7(6)8-4-1;1-2-4-7-6(3-1)8-5-9-7/h1-10H;2*1-11H;1-9H;1-5H,(H,8,9);1-5H. The van der Waals surface area contributed by atoms with Crippen LogP contribution in [0.25, 0.3) is 109 Å². The molecule has 0 aliphatic rings. The molecular formula is C71H52N8S. The second-order valence-electron chi connectivity index (χ2n) is 18.6. The van der Waals surface area contributed by atoms with Gasteiger partial charge in [-0.25, -0.2) is 9.97 Å². The number of aromatic amines is 1. The van der Waals surface area contributed by atoms with Gasteiger partial charge in [-0.3, -0.25) is 15.0 Å². The van der Waals surface area contributed by atoms with E-state index in [1.54, 1.807) is 17.5 Å². The Morgan fingerprint density at radius 3 is 1.35 bits per heavy atom. The molecule has 8 heterocycles. The van der Waals surface area contributed by atoms with Gasteiger partial charge in [0.1, 0.15) is 5.65 Å². The maximum absolute atomic E-state index is 4.50. The molecule has 8 nitrogen and oxygen atoms in total. The zero-order chi connectivity index (χ0) is 53.7. The van der Waals surface area contributed by atoms with Crippen LogP contribution in [-0.4, -0.2) is 39.0 Å². The lowest BCUT2D eigenvalue weighted by Crippen LogP contribution is -1.89. The third-order valence-electron chi connectivity index (χ3n) is 13.7. The monoisotopic (exact) mass is 1050 g/mol. The Balaban J connectivity index is 0.0000000970. The van der Waals surface area contributed by atoms with Gasteiger partial charge in [-0.2, -0.15) is 0 Å². The van der Waals surface area contributed by atoms with Gasteiger partial charge in [-0.05, 0) is 124 Å². The molecule has 9 heteroatoms. The summed E-state index contributed by atoms with van der Waals surface area (Å²) >= 11 is 1.68. The van der Waals surface area contributed by atoms with Crippen molar-refractivity contribution in [1.82, 2.24) is 39.0 Å². The van der Waals surface area contributed by atoms with Crippen molar-refractivity contribution >= 4 is 109 Å². The Morgan fingerprint density at radius 2 is 0.750 bits per heavy atom. The van der Waals surface area contributed by atoms with Gasteiger partial charge in [0.05, 0.1) is 43.3 Å². The number of H-pyrrole nitrogens is 1. The van der Waals surface area contributed by atoms with Crippen LogP contribution >= 0.6 is 11.3 Å². The number of nitrogens with zero attached hydrogens (tertiary/aromatic N) is 7. The molecule has 1 N–H and O–H groups in total. The van der Waals surface area contributed by atoms with Crippen LogP contribution in [0, 0.1) is 0 Å². The van der Waals surface area contributed by atoms with Gasteiger partial charge in [0.2, 0.25) is 0 Å². The first-order valence-electron chi connectivity index (χ1n) is 26.4. The average Bonchev–Trinajstić information content (AvgIpc) is 4.42. The number of fused-ring (bicyclic) bond motifs is 13. The summed E-state index contributed by atoms with van der Waals surface area (Å²) in [6.45, 7) is 0. The summed E-state index contributed by atoms with van der Waals surface area (Å²) in [6.07, 6.45) is 13.4. The van der Waals surface area contributed by atoms with Gasteiger partial charge in [0.15, 0.2) is 0 Å². The molecule has 0 aliphatic heterocycles. The summed E-state index contributed by atoms with van der Waals surface area (Å²) in [5, 5.41) is 12.2. The normalized spacial score (nSPS) is 10.8. The maximum atomic E-state index is 4.50. The molecule has 17 rings (SSSR count). The summed E-state index contributed by atoms with van der Waals surface area (Å²) in [4.78, 5) is 24.6. The van der Waals surface area contributed by atoms with E-state index in [0.717, 1.165) is 33.1 Å². The highest BCUT2D eigenvalue weighted by Gasteiger charge is 2.09. The SMILES string of the molecule is c1ccc(-n2ccc3ccccc32)cc1.c1ccc(-n2ccc3ccccc32)cc1.c1ccc2c(c1)c1cccnc1c1ncccc21.c1ccc2c(c1)ccc1cccnc12.c1ccc2scnc2c1.c1cnc2[nH]ccc2c1. The minimum atomic E-state index is 0.956. The minimum absolute atomic E-state index is 0.956. The van der Waals surface area contributed by atoms with Crippen molar-refractivity contribution in [2.75, 3.05) is 0 Å². The predicted octanol–water partition coefficient (Wildman–Crippen LogP) is 18.4. The molecule has 0 fully saturated rings. The number of rotatable bonds is 2. The van der Waals surface area contributed by atoms with Crippen LogP contribution in [0.4, 0.5) is 0 Å². The second-order valence-corrected chi connectivity index (χ2v) is 19.5. The number of benzene rings is 9. The summed E-state index contributed by atoms with van der Waals surface area (Å²) in [6, 6.07) is 89.2. The predicted molar refractivity (Wildman–Crippen MR) is 336 cm³/mol. The molecule has 382 valence electrons. The number of aromatic nitrogens is 8. The summed E-state index contributed by atoms with van der Waals surface area (Å²) in [7, 11) is 0. The minimum Gasteiger partial charge on any atom is -0.346 e. The first kappa shape index (κ1) is 50.2. The van der Waals surface area contributed by atoms with E-state index < -0.39 is 0 Å². The Kier molecular flexibility index (Phi) is 15.2. The van der Waals surface area contributed by atoms with Crippen molar-refractivity contribution in [3.05, 3.63) is 310 Å². The number of hydrogen-bond acceptors (Lipinski definition) is 6. The largest absolute Gasteiger partial charge is 0.346 e. The van der Waals surface area contributed by atoms with E-state index in [4.69, 9.17) is 0 Å². The van der Waals surface area contributed by atoms with E-state index >= 15 is 0 Å². The number of thiazole rings is 1. The first-order valence-corrected chi connectivity index (χ1v) is 27.2. The van der Waals surface area contributed by atoms with Crippen LogP contribution in [0.1, 0.15) is 0 Å². The molecule has 0 radical (unpaired) electrons. The van der Waals surface area contributed by atoms with Crippen LogP contribution in [0.5, 0.6) is 0 Å². The summed E-state index contributed by atoms with van der Waals surface area (Å²) in [5.41, 5.74) is 11.9. The van der Waals surface area contributed by atoms with Crippen LogP contribution < -0.4 is 0 Å². The summed E-state index contributed by atoms with van der Waals surface area (Å²) < 4.78 is 5.67. The molecule has 0 atom stereocenters. The lowest BCUT2D eigenvalue weighted by Gasteiger charge is -2.07. The molecule has 0 amide bonds. The van der Waals surface area contributed by atoms with Crippen LogP contribution in [-0.2, 0) is 0 Å². The molecule has 80 heavy (non-hydrogen) atoms. The molecule has 0 saturated heterocycles. The molecule has 9 aromatic carbocycles. The van der Waals surface area contributed by atoms with Crippen molar-refractivity contribution in [2.45, 2.75) is 0 Å². The highest BCUT2D eigenvalue weighted by molar-refractivity contribution is 7.16. The molecule has 0 bridgehead atoms. The van der Waals surface area contributed by atoms with Crippen molar-refractivity contribution in [2.24, 2.45) is 0 Å². The fraction of sp³-hybridized carbons (Fsp3) is 0. The van der Waals surface area contributed by atoms with Gasteiger partial charge in [0, 0.05) is 81.7 Å². The number of pyridine rings is 4. The molecule has 0 saturated carbocycles. The van der Waals surface area contributed by atoms with Gasteiger partial charge in [-0.15, -0.1) is 11.3 Å². The Hall–Kier alpha value is -10.6. The Bertz CT molecular complexity index is 4300. The first-order chi connectivity index (χ1) is 39.7. The number of para-hydroxylation sites is 5. The van der Waals surface area contributed by atoms with E-state index in [-0.39, 0.29) is 0 Å². The molecule has 0 spiro atoms. The van der Waals surface area contributed by atoms with Gasteiger partial charge < -0.3 is 14.1 Å². The van der Waals surface area contributed by atoms with Crippen LogP contribution in [0.3, 0.4) is 0 Å².